The molecule has 0 fully saturated rings. The number of H-pyrrole nitrogens is 1. The SMILES string of the molecule is NC(c1ccc(CN(Cc2nc3ccccc3[nH]2)C2C=C3C=CC=NC3CC2)cc1)c1ncccn1. The molecule has 0 spiro atoms. The summed E-state index contributed by atoms with van der Waals surface area (Å²) in [6.07, 6.45) is 14.1. The summed E-state index contributed by atoms with van der Waals surface area (Å²) in [5, 5.41) is 0. The smallest absolute Gasteiger partial charge is 0.149 e. The first-order chi connectivity index (χ1) is 17.7. The van der Waals surface area contributed by atoms with Gasteiger partial charge in [-0.15, -0.1) is 0 Å². The molecule has 1 aliphatic heterocycles. The number of dihydropyridines is 1. The van der Waals surface area contributed by atoms with E-state index in [1.165, 1.54) is 11.1 Å². The zero-order chi connectivity index (χ0) is 24.3. The molecule has 2 aromatic carbocycles. The van der Waals surface area contributed by atoms with E-state index in [4.69, 9.17) is 10.7 Å². The van der Waals surface area contributed by atoms with Gasteiger partial charge in [0.05, 0.1) is 29.7 Å². The number of aliphatic imine (C=N–C) groups is 1. The summed E-state index contributed by atoms with van der Waals surface area (Å²) in [5.41, 5.74) is 12.0. The zero-order valence-corrected chi connectivity index (χ0v) is 20.0. The Morgan fingerprint density at radius 2 is 1.81 bits per heavy atom. The molecule has 3 atom stereocenters. The first-order valence-electron chi connectivity index (χ1n) is 12.4. The van der Waals surface area contributed by atoms with Crippen molar-refractivity contribution in [3.8, 4) is 0 Å². The Morgan fingerprint density at radius 1 is 0.972 bits per heavy atom. The van der Waals surface area contributed by atoms with Crippen LogP contribution in [0.2, 0.25) is 0 Å². The van der Waals surface area contributed by atoms with E-state index in [-0.39, 0.29) is 6.04 Å². The van der Waals surface area contributed by atoms with Crippen molar-refractivity contribution in [1.82, 2.24) is 24.8 Å². The van der Waals surface area contributed by atoms with Gasteiger partial charge in [-0.1, -0.05) is 48.6 Å². The number of nitrogens with one attached hydrogen (secondary N) is 1. The molecule has 7 nitrogen and oxygen atoms in total. The highest BCUT2D eigenvalue weighted by atomic mass is 15.2. The number of aromatic nitrogens is 4. The van der Waals surface area contributed by atoms with Crippen molar-refractivity contribution in [3.63, 3.8) is 0 Å². The molecule has 3 N–H and O–H groups in total. The number of imidazole rings is 1. The average Bonchev–Trinajstić information content (AvgIpc) is 3.35. The summed E-state index contributed by atoms with van der Waals surface area (Å²) in [4.78, 5) is 24.1. The lowest BCUT2D eigenvalue weighted by Gasteiger charge is -2.34. The van der Waals surface area contributed by atoms with Gasteiger partial charge >= 0.3 is 0 Å². The fourth-order valence-corrected chi connectivity index (χ4v) is 5.08. The standard InChI is InChI=1S/C29H29N7/c30-28(29-32-15-4-16-33-29)21-10-8-20(9-11-21)18-36(19-27-34-25-6-1-2-7-26(25)35-27)23-12-13-24-22(17-23)5-3-14-31-24/h1-11,14-17,23-24,28H,12-13,18-19,30H2,(H,34,35). The summed E-state index contributed by atoms with van der Waals surface area (Å²) >= 11 is 0. The Balaban J connectivity index is 1.25. The van der Waals surface area contributed by atoms with Crippen LogP contribution in [0.4, 0.5) is 0 Å². The van der Waals surface area contributed by atoms with E-state index >= 15 is 0 Å². The lowest BCUT2D eigenvalue weighted by Crippen LogP contribution is -2.37. The minimum Gasteiger partial charge on any atom is -0.341 e. The van der Waals surface area contributed by atoms with Crippen LogP contribution in [0.5, 0.6) is 0 Å². The molecule has 0 radical (unpaired) electrons. The molecular weight excluding hydrogens is 446 g/mol. The number of nitrogens with zero attached hydrogens (tertiary/aromatic N) is 5. The van der Waals surface area contributed by atoms with E-state index in [0.29, 0.717) is 17.9 Å². The van der Waals surface area contributed by atoms with Gasteiger partial charge in [-0.25, -0.2) is 15.0 Å². The van der Waals surface area contributed by atoms with Crippen molar-refractivity contribution in [2.45, 2.75) is 44.1 Å². The highest BCUT2D eigenvalue weighted by Gasteiger charge is 2.27. The van der Waals surface area contributed by atoms with Crippen LogP contribution in [0, 0.1) is 0 Å². The van der Waals surface area contributed by atoms with Gasteiger partial charge in [0.25, 0.3) is 0 Å². The predicted molar refractivity (Wildman–Crippen MR) is 142 cm³/mol. The van der Waals surface area contributed by atoms with Crippen LogP contribution in [0.3, 0.4) is 0 Å². The molecule has 6 rings (SSSR count). The van der Waals surface area contributed by atoms with E-state index in [1.807, 2.05) is 24.4 Å². The monoisotopic (exact) mass is 475 g/mol. The van der Waals surface area contributed by atoms with Gasteiger partial charge in [0.15, 0.2) is 0 Å². The van der Waals surface area contributed by atoms with Gasteiger partial charge in [-0.3, -0.25) is 9.89 Å². The molecule has 2 aromatic heterocycles. The fourth-order valence-electron chi connectivity index (χ4n) is 5.08. The van der Waals surface area contributed by atoms with E-state index < -0.39 is 0 Å². The van der Waals surface area contributed by atoms with Gasteiger partial charge < -0.3 is 10.7 Å². The highest BCUT2D eigenvalue weighted by molar-refractivity contribution is 5.75. The number of hydrogen-bond acceptors (Lipinski definition) is 6. The predicted octanol–water partition coefficient (Wildman–Crippen LogP) is 4.50. The second-order valence-electron chi connectivity index (χ2n) is 9.42. The molecule has 3 heterocycles. The molecule has 7 heteroatoms. The number of hydrogen-bond donors (Lipinski definition) is 2. The van der Waals surface area contributed by atoms with Crippen LogP contribution in [0.15, 0.2) is 95.8 Å². The lowest BCUT2D eigenvalue weighted by molar-refractivity contribution is 0.188. The first kappa shape index (κ1) is 22.5. The number of fused-ring (bicyclic) bond motifs is 2. The third-order valence-electron chi connectivity index (χ3n) is 6.99. The molecule has 3 unspecified atom stereocenters. The Kier molecular flexibility index (Phi) is 6.24. The van der Waals surface area contributed by atoms with Gasteiger partial charge in [0.2, 0.25) is 0 Å². The van der Waals surface area contributed by atoms with Gasteiger partial charge in [-0.05, 0) is 53.8 Å². The summed E-state index contributed by atoms with van der Waals surface area (Å²) in [7, 11) is 0. The van der Waals surface area contributed by atoms with Crippen LogP contribution in [0.1, 0.15) is 41.7 Å². The van der Waals surface area contributed by atoms with Crippen LogP contribution in [-0.4, -0.2) is 43.1 Å². The van der Waals surface area contributed by atoms with E-state index in [2.05, 4.69) is 73.4 Å². The molecule has 0 amide bonds. The second-order valence-corrected chi connectivity index (χ2v) is 9.42. The van der Waals surface area contributed by atoms with E-state index in [1.54, 1.807) is 18.5 Å². The summed E-state index contributed by atoms with van der Waals surface area (Å²) in [6.45, 7) is 1.54. The fraction of sp³-hybridized carbons (Fsp3) is 0.241. The number of aromatic amines is 1. The van der Waals surface area contributed by atoms with Crippen molar-refractivity contribution >= 4 is 17.2 Å². The third kappa shape index (κ3) is 4.76. The van der Waals surface area contributed by atoms with Crippen molar-refractivity contribution < 1.29 is 0 Å². The second kappa shape index (κ2) is 9.97. The molecule has 1 aliphatic carbocycles. The lowest BCUT2D eigenvalue weighted by atomic mass is 9.89. The van der Waals surface area contributed by atoms with Crippen LogP contribution in [0.25, 0.3) is 11.0 Å². The molecule has 0 bridgehead atoms. The van der Waals surface area contributed by atoms with Gasteiger partial charge in [0, 0.05) is 31.2 Å². The van der Waals surface area contributed by atoms with Crippen LogP contribution in [-0.2, 0) is 13.1 Å². The quantitative estimate of drug-likeness (QED) is 0.410. The summed E-state index contributed by atoms with van der Waals surface area (Å²) < 4.78 is 0. The van der Waals surface area contributed by atoms with Crippen LogP contribution < -0.4 is 5.73 Å². The van der Waals surface area contributed by atoms with Crippen molar-refractivity contribution in [3.05, 3.63) is 114 Å². The first-order valence-corrected chi connectivity index (χ1v) is 12.4. The maximum absolute atomic E-state index is 6.41. The molecule has 0 saturated heterocycles. The summed E-state index contributed by atoms with van der Waals surface area (Å²) in [6, 6.07) is 18.7. The molecule has 2 aliphatic rings. The van der Waals surface area contributed by atoms with Crippen molar-refractivity contribution in [2.75, 3.05) is 0 Å². The maximum Gasteiger partial charge on any atom is 0.149 e. The van der Waals surface area contributed by atoms with E-state index in [9.17, 15) is 0 Å². The van der Waals surface area contributed by atoms with Crippen LogP contribution >= 0.6 is 0 Å². The minimum absolute atomic E-state index is 0.292. The molecular formula is C29H29N7. The number of para-hydroxylation sites is 2. The zero-order valence-electron chi connectivity index (χ0n) is 20.0. The Morgan fingerprint density at radius 3 is 2.64 bits per heavy atom. The average molecular weight is 476 g/mol. The Hall–Kier alpha value is -3.94. The normalized spacial score (nSPS) is 19.9. The highest BCUT2D eigenvalue weighted by Crippen LogP contribution is 2.29. The largest absolute Gasteiger partial charge is 0.341 e. The summed E-state index contributed by atoms with van der Waals surface area (Å²) in [5.74, 6) is 1.61. The van der Waals surface area contributed by atoms with Gasteiger partial charge in [-0.2, -0.15) is 0 Å². The topological polar surface area (TPSA) is 96.1 Å². The number of benzene rings is 2. The molecule has 36 heavy (non-hydrogen) atoms. The van der Waals surface area contributed by atoms with Gasteiger partial charge in [0.1, 0.15) is 11.6 Å². The minimum atomic E-state index is -0.342. The number of nitrogens with two attached hydrogens (primary N) is 1. The van der Waals surface area contributed by atoms with Crippen molar-refractivity contribution in [2.24, 2.45) is 10.7 Å². The molecule has 180 valence electrons. The third-order valence-corrected chi connectivity index (χ3v) is 6.99. The Bertz CT molecular complexity index is 1390. The van der Waals surface area contributed by atoms with E-state index in [0.717, 1.165) is 48.4 Å². The Labute approximate surface area is 210 Å². The number of allylic oxidation sites excluding steroid dienone is 1. The molecule has 4 aromatic rings. The maximum atomic E-state index is 6.41. The molecule has 0 saturated carbocycles. The number of rotatable bonds is 7. The van der Waals surface area contributed by atoms with Crippen molar-refractivity contribution in [1.29, 1.82) is 0 Å².